The van der Waals surface area contributed by atoms with Gasteiger partial charge < -0.3 is 5.32 Å². The second kappa shape index (κ2) is 8.07. The topological polar surface area (TPSA) is 44.0 Å². The lowest BCUT2D eigenvalue weighted by Crippen LogP contribution is -2.42. The summed E-state index contributed by atoms with van der Waals surface area (Å²) in [5.74, 6) is -0.207. The molecule has 1 aliphatic heterocycles. The summed E-state index contributed by atoms with van der Waals surface area (Å²) in [6, 6.07) is 5.41. The minimum absolute atomic E-state index is 0.207. The van der Waals surface area contributed by atoms with Crippen LogP contribution in [0.4, 0.5) is 4.39 Å². The molecule has 1 aromatic heterocycles. The molecule has 4 rings (SSSR count). The van der Waals surface area contributed by atoms with Gasteiger partial charge in [-0.15, -0.1) is 0 Å². The van der Waals surface area contributed by atoms with E-state index in [9.17, 15) is 4.39 Å². The van der Waals surface area contributed by atoms with Crippen molar-refractivity contribution in [2.75, 3.05) is 13.1 Å². The minimum atomic E-state index is -0.207. The highest BCUT2D eigenvalue weighted by Gasteiger charge is 2.22. The van der Waals surface area contributed by atoms with Gasteiger partial charge in [-0.1, -0.05) is 17.7 Å². The third-order valence-corrected chi connectivity index (χ3v) is 6.09. The first-order chi connectivity index (χ1) is 12.7. The smallest absolute Gasteiger partial charge is 0.129 e. The molecule has 1 aromatic carbocycles. The van der Waals surface area contributed by atoms with Crippen LogP contribution in [0.15, 0.2) is 18.2 Å². The van der Waals surface area contributed by atoms with Gasteiger partial charge in [-0.05, 0) is 69.3 Å². The Morgan fingerprint density at radius 2 is 2.04 bits per heavy atom. The zero-order valence-corrected chi connectivity index (χ0v) is 15.8. The number of benzene rings is 1. The van der Waals surface area contributed by atoms with E-state index in [-0.39, 0.29) is 5.82 Å². The molecule has 2 heterocycles. The van der Waals surface area contributed by atoms with E-state index in [4.69, 9.17) is 11.6 Å². The molecule has 1 aliphatic carbocycles. The summed E-state index contributed by atoms with van der Waals surface area (Å²) >= 11 is 6.15. The van der Waals surface area contributed by atoms with E-state index in [0.29, 0.717) is 23.2 Å². The fourth-order valence-electron chi connectivity index (χ4n) is 4.14. The van der Waals surface area contributed by atoms with Gasteiger partial charge in [0.2, 0.25) is 0 Å². The molecule has 2 N–H and O–H groups in total. The Morgan fingerprint density at radius 1 is 1.23 bits per heavy atom. The summed E-state index contributed by atoms with van der Waals surface area (Å²) in [6.07, 6.45) is 6.98. The van der Waals surface area contributed by atoms with E-state index in [0.717, 1.165) is 45.3 Å². The van der Waals surface area contributed by atoms with Gasteiger partial charge in [0.25, 0.3) is 0 Å². The van der Waals surface area contributed by atoms with Crippen molar-refractivity contribution in [1.29, 1.82) is 0 Å². The van der Waals surface area contributed by atoms with E-state index in [1.54, 1.807) is 12.1 Å². The normalized spacial score (nSPS) is 18.8. The average molecular weight is 377 g/mol. The fraction of sp³-hybridized carbons (Fsp3) is 0.550. The van der Waals surface area contributed by atoms with E-state index in [1.807, 2.05) is 0 Å². The first kappa shape index (κ1) is 18.0. The number of aryl methyl sites for hydroxylation is 1. The molecule has 0 saturated carbocycles. The van der Waals surface area contributed by atoms with E-state index < -0.39 is 0 Å². The molecule has 26 heavy (non-hydrogen) atoms. The Kier molecular flexibility index (Phi) is 5.57. The first-order valence-corrected chi connectivity index (χ1v) is 10.0. The van der Waals surface area contributed by atoms with Crippen LogP contribution in [-0.2, 0) is 25.9 Å². The van der Waals surface area contributed by atoms with Crippen LogP contribution in [0.5, 0.6) is 0 Å². The number of rotatable bonds is 5. The number of halogens is 2. The molecule has 6 heteroatoms. The van der Waals surface area contributed by atoms with Crippen LogP contribution in [0.1, 0.15) is 48.2 Å². The zero-order valence-electron chi connectivity index (χ0n) is 15.0. The summed E-state index contributed by atoms with van der Waals surface area (Å²) in [5.41, 5.74) is 4.59. The third kappa shape index (κ3) is 3.95. The Bertz CT molecular complexity index is 732. The summed E-state index contributed by atoms with van der Waals surface area (Å²) in [4.78, 5) is 2.29. The maximum absolute atomic E-state index is 14.0. The minimum Gasteiger partial charge on any atom is -0.308 e. The van der Waals surface area contributed by atoms with Crippen molar-refractivity contribution >= 4 is 11.6 Å². The van der Waals surface area contributed by atoms with Crippen molar-refractivity contribution in [3.05, 3.63) is 51.6 Å². The van der Waals surface area contributed by atoms with Crippen molar-refractivity contribution in [2.45, 2.75) is 57.7 Å². The van der Waals surface area contributed by atoms with Crippen LogP contribution in [-0.4, -0.2) is 34.2 Å². The van der Waals surface area contributed by atoms with E-state index in [2.05, 4.69) is 20.4 Å². The Balaban J connectivity index is 1.27. The lowest BCUT2D eigenvalue weighted by Gasteiger charge is -2.32. The second-order valence-corrected chi connectivity index (χ2v) is 7.87. The molecule has 0 spiro atoms. The van der Waals surface area contributed by atoms with Crippen LogP contribution in [0, 0.1) is 5.82 Å². The fourth-order valence-corrected chi connectivity index (χ4v) is 4.36. The number of fused-ring (bicyclic) bond motifs is 1. The van der Waals surface area contributed by atoms with Gasteiger partial charge in [-0.3, -0.25) is 10.00 Å². The lowest BCUT2D eigenvalue weighted by atomic mass is 9.95. The molecule has 2 aromatic rings. The SMILES string of the molecule is Fc1cccc(Cl)c1CN1CCC(NCc2n[nH]c3c2CCCC3)CC1. The van der Waals surface area contributed by atoms with E-state index in [1.165, 1.54) is 35.9 Å². The molecule has 2 aliphatic rings. The van der Waals surface area contributed by atoms with Gasteiger partial charge in [0.1, 0.15) is 5.82 Å². The summed E-state index contributed by atoms with van der Waals surface area (Å²) < 4.78 is 14.0. The molecular formula is C20H26ClFN4. The number of aromatic amines is 1. The third-order valence-electron chi connectivity index (χ3n) is 5.73. The van der Waals surface area contributed by atoms with E-state index >= 15 is 0 Å². The molecule has 140 valence electrons. The number of aromatic nitrogens is 2. The maximum Gasteiger partial charge on any atom is 0.129 e. The largest absolute Gasteiger partial charge is 0.308 e. The number of hydrogen-bond acceptors (Lipinski definition) is 3. The van der Waals surface area contributed by atoms with Crippen molar-refractivity contribution in [1.82, 2.24) is 20.4 Å². The highest BCUT2D eigenvalue weighted by Crippen LogP contribution is 2.24. The van der Waals surface area contributed by atoms with Crippen molar-refractivity contribution in [3.63, 3.8) is 0 Å². The molecular weight excluding hydrogens is 351 g/mol. The molecule has 1 saturated heterocycles. The number of likely N-dealkylation sites (tertiary alicyclic amines) is 1. The average Bonchev–Trinajstić information content (AvgIpc) is 3.07. The van der Waals surface area contributed by atoms with Crippen LogP contribution in [0.3, 0.4) is 0 Å². The molecule has 0 atom stereocenters. The number of nitrogens with one attached hydrogen (secondary N) is 2. The first-order valence-electron chi connectivity index (χ1n) is 9.64. The van der Waals surface area contributed by atoms with Crippen LogP contribution in [0.2, 0.25) is 5.02 Å². The highest BCUT2D eigenvalue weighted by atomic mass is 35.5. The number of nitrogens with zero attached hydrogens (tertiary/aromatic N) is 2. The highest BCUT2D eigenvalue weighted by molar-refractivity contribution is 6.31. The predicted octanol–water partition coefficient (Wildman–Crippen LogP) is 3.84. The van der Waals surface area contributed by atoms with Gasteiger partial charge in [-0.25, -0.2) is 4.39 Å². The number of hydrogen-bond donors (Lipinski definition) is 2. The van der Waals surface area contributed by atoms with Gasteiger partial charge in [-0.2, -0.15) is 5.10 Å². The summed E-state index contributed by atoms with van der Waals surface area (Å²) in [5, 5.41) is 11.9. The molecule has 0 radical (unpaired) electrons. The number of H-pyrrole nitrogens is 1. The van der Waals surface area contributed by atoms with Gasteiger partial charge in [0.05, 0.1) is 5.69 Å². The monoisotopic (exact) mass is 376 g/mol. The van der Waals surface area contributed by atoms with Crippen molar-refractivity contribution in [2.24, 2.45) is 0 Å². The maximum atomic E-state index is 14.0. The Hall–Kier alpha value is -1.43. The number of piperidine rings is 1. The predicted molar refractivity (Wildman–Crippen MR) is 102 cm³/mol. The summed E-state index contributed by atoms with van der Waals surface area (Å²) in [6.45, 7) is 3.35. The van der Waals surface area contributed by atoms with Crippen molar-refractivity contribution < 1.29 is 4.39 Å². The Morgan fingerprint density at radius 3 is 2.85 bits per heavy atom. The van der Waals surface area contributed by atoms with Gasteiger partial charge in [0.15, 0.2) is 0 Å². The quantitative estimate of drug-likeness (QED) is 0.833. The van der Waals surface area contributed by atoms with Gasteiger partial charge in [0, 0.05) is 35.4 Å². The van der Waals surface area contributed by atoms with Crippen LogP contribution in [0.25, 0.3) is 0 Å². The zero-order chi connectivity index (χ0) is 17.9. The Labute approximate surface area is 159 Å². The van der Waals surface area contributed by atoms with Crippen LogP contribution >= 0.6 is 11.6 Å². The van der Waals surface area contributed by atoms with Gasteiger partial charge >= 0.3 is 0 Å². The summed E-state index contributed by atoms with van der Waals surface area (Å²) in [7, 11) is 0. The van der Waals surface area contributed by atoms with Crippen molar-refractivity contribution in [3.8, 4) is 0 Å². The molecule has 1 fully saturated rings. The second-order valence-electron chi connectivity index (χ2n) is 7.47. The van der Waals surface area contributed by atoms with Crippen LogP contribution < -0.4 is 5.32 Å². The standard InChI is InChI=1S/C20H26ClFN4/c21-17-5-3-6-18(22)16(17)13-26-10-8-14(9-11-26)23-12-20-15-4-1-2-7-19(15)24-25-20/h3,5-6,14,23H,1-2,4,7-13H2,(H,24,25). The molecule has 0 bridgehead atoms. The lowest BCUT2D eigenvalue weighted by molar-refractivity contribution is 0.188. The molecule has 0 amide bonds. The molecule has 0 unspecified atom stereocenters. The molecule has 4 nitrogen and oxygen atoms in total.